The normalized spacial score (nSPS) is 10.3. The molecule has 617 valence electrons. The van der Waals surface area contributed by atoms with E-state index in [2.05, 4.69) is 186 Å². The van der Waals surface area contributed by atoms with Gasteiger partial charge in [-0.25, -0.2) is 39.1 Å². The average molecular weight is 2570 g/mol. The van der Waals surface area contributed by atoms with E-state index < -0.39 is 29.1 Å². The number of aromatic carboxylic acids is 2. The van der Waals surface area contributed by atoms with Gasteiger partial charge in [-0.2, -0.15) is 0 Å². The van der Waals surface area contributed by atoms with Crippen LogP contribution in [0, 0.1) is 6.92 Å². The van der Waals surface area contributed by atoms with Gasteiger partial charge >= 0.3 is 144 Å². The summed E-state index contributed by atoms with van der Waals surface area (Å²) in [5.41, 5.74) is 13.5. The number of aromatic nitrogens is 4. The van der Waals surface area contributed by atoms with Crippen LogP contribution in [0.25, 0.3) is 24.3 Å². The molecule has 9 rings (SSSR count). The van der Waals surface area contributed by atoms with Gasteiger partial charge in [0.25, 0.3) is 17.7 Å². The molecule has 4 heterocycles. The first-order valence-corrected chi connectivity index (χ1v) is 60.6. The second-order valence-corrected chi connectivity index (χ2v) is 71.0. The zero-order chi connectivity index (χ0) is 87.2. The molecule has 0 atom stereocenters. The number of carboxylic acids is 2. The molecule has 5 aromatic carbocycles. The zero-order valence-corrected chi connectivity index (χ0v) is 83.8. The van der Waals surface area contributed by atoms with Crippen molar-refractivity contribution in [1.82, 2.24) is 19.9 Å². The van der Waals surface area contributed by atoms with Gasteiger partial charge in [-0.1, -0.05) is 177 Å². The van der Waals surface area contributed by atoms with Crippen molar-refractivity contribution in [3.63, 3.8) is 0 Å². The number of aromatic hydroxyl groups is 2. The van der Waals surface area contributed by atoms with Crippen LogP contribution < -0.4 is 31.2 Å². The first-order valence-electron chi connectivity index (χ1n) is 31.5. The Morgan fingerprint density at radius 3 is 1.03 bits per heavy atom. The van der Waals surface area contributed by atoms with Crippen molar-refractivity contribution in [2.24, 2.45) is 0 Å². The Kier molecular flexibility index (Phi) is 58.0. The fraction of sp³-hybridized carbons (Fsp3) is 0.130. The first-order chi connectivity index (χ1) is 54.4. The Morgan fingerprint density at radius 2 is 0.741 bits per heavy atom. The van der Waals surface area contributed by atoms with E-state index in [1.807, 2.05) is 41.1 Å². The summed E-state index contributed by atoms with van der Waals surface area (Å²) in [6.45, 7) is 9.98. The molecule has 0 saturated carbocycles. The van der Waals surface area contributed by atoms with E-state index in [0.29, 0.717) is 60.3 Å². The quantitative estimate of drug-likeness (QED) is 0.00613. The number of nitrogens with one attached hydrogen (secondary N) is 3. The summed E-state index contributed by atoms with van der Waals surface area (Å²) in [5, 5.41) is 42.9. The number of nitrogen functional groups attached to an aromatic ring is 1. The van der Waals surface area contributed by atoms with Crippen LogP contribution in [-0.2, 0) is 43.1 Å². The molecule has 3 amide bonds. The third kappa shape index (κ3) is 44.2. The van der Waals surface area contributed by atoms with Crippen molar-refractivity contribution in [2.45, 2.75) is 49.0 Å². The molecular formula is C77H72Cl6I7N8O16V2. The van der Waals surface area contributed by atoms with Crippen LogP contribution >= 0.6 is 215 Å². The number of methoxy groups -OCH3 is 1. The van der Waals surface area contributed by atoms with Gasteiger partial charge in [-0.15, -0.1) is 0 Å². The van der Waals surface area contributed by atoms with E-state index in [4.69, 9.17) is 95.0 Å². The maximum atomic E-state index is 12.5. The number of allylic oxidation sites excluding steroid dienone is 1. The summed E-state index contributed by atoms with van der Waals surface area (Å²) < 4.78 is 14.5. The number of alkyl halides is 2. The molecule has 0 spiro atoms. The van der Waals surface area contributed by atoms with E-state index in [1.165, 1.54) is 106 Å². The van der Waals surface area contributed by atoms with Gasteiger partial charge in [0.2, 0.25) is 5.24 Å². The van der Waals surface area contributed by atoms with E-state index in [1.54, 1.807) is 107 Å². The molecule has 39 heteroatoms. The second kappa shape index (κ2) is 60.9. The monoisotopic (exact) mass is 2560 g/mol. The number of carbonyl (C=O) groups is 9. The Hall–Kier alpha value is -5.49. The van der Waals surface area contributed by atoms with Gasteiger partial charge in [0.05, 0.1) is 69.7 Å². The van der Waals surface area contributed by atoms with Crippen LogP contribution in [0.3, 0.4) is 0 Å². The average Bonchev–Trinajstić information content (AvgIpc) is 0.791. The number of hydrogen-bond acceptors (Lipinski definition) is 19. The molecule has 0 bridgehead atoms. The van der Waals surface area contributed by atoms with Gasteiger partial charge in [0.15, 0.2) is 5.75 Å². The van der Waals surface area contributed by atoms with Crippen molar-refractivity contribution in [3.05, 3.63) is 268 Å². The van der Waals surface area contributed by atoms with Crippen LogP contribution in [0.5, 0.6) is 23.0 Å². The number of rotatable bonds is 17. The molecular weight excluding hydrogens is 2500 g/mol. The van der Waals surface area contributed by atoms with Crippen molar-refractivity contribution in [1.29, 1.82) is 0 Å². The van der Waals surface area contributed by atoms with Crippen LogP contribution in [0.1, 0.15) is 112 Å². The topological polar surface area (TPSA) is 376 Å². The molecule has 0 aliphatic carbocycles. The SMILES string of the molecule is C.C/C(=C\c1ccc(C)cc1)C(=O)Nc1ccc(C(=O)O)nc1.C/C(=C\c1ccc(O)cc1)C(=O)Nc1ccc(C(=O)O)nc1.C/C(=C\c1ccc(O)cc1)C(=O)Nc1ccc(C(=O)Oc2c(Cl)c(Cl)c(Cl)c(Cl)c2Cl)nc1.CC(=O)Oc1ccc(/C=C(\C)C(=O)Cl)cc1.CI.CI.COC(=O)c1ccc(N)cn1.[I][V]([I])[I].[I][V][I]. The van der Waals surface area contributed by atoms with Crippen molar-refractivity contribution in [2.75, 3.05) is 38.7 Å². The fourth-order valence-corrected chi connectivity index (χ4v) is 9.02. The number of hydrogen-bond donors (Lipinski definition) is 8. The fourth-order valence-electron chi connectivity index (χ4n) is 7.77. The number of pyridine rings is 4. The third-order valence-corrected chi connectivity index (χ3v) is 15.7. The number of phenolic OH excluding ortho intramolecular Hbond substituents is 2. The standard InChI is InChI=1S/C22H13Cl5N2O4.C17H16N2O3.C16H14N2O4.C12H11ClO3.C7H8N2O2.2CH3I.CH4.5HI.2V/c1-10(8-11-2-5-13(30)6-3-11)21(31)29-12-4-7-14(28-9-12)22(32)33-20-18(26)16(24)15(23)17(25)19(20)27;1-11-3-5-13(6-4-11)9-12(2)16(20)19-14-7-8-15(17(21)22)18-10-14;1-10(8-11-2-5-13(19)6-3-11)15(20)18-12-4-7-14(16(21)22)17-9-12;1-8(12(13)15)7-10-3-5-11(6-4-10)16-9(2)14;1-11-7(10)6-3-2-5(8)4-9-6;2*1-2;;;;;;;;/h2-9,30H,1H3,(H,29,31);3-10H,1-2H3,(H,19,20)(H,21,22);2-9,19H,1H3,(H,18,20)(H,21,22);3-7H,1-2H3;2-4H,8H2,1H3;2*1H3;1H4;5*1H;;/q;;;;;;;;;;;;;+2;+3/p-5/b10-8+;12-9+;10-8+;8-7+;;;;;;;;;;;. The number of ether oxygens (including phenoxy) is 3. The van der Waals surface area contributed by atoms with Crippen LogP contribution in [0.2, 0.25) is 25.1 Å². The molecule has 0 unspecified atom stereocenters. The molecule has 24 nitrogen and oxygen atoms in total. The van der Waals surface area contributed by atoms with Crippen molar-refractivity contribution >= 4 is 315 Å². The Morgan fingerprint density at radius 1 is 0.448 bits per heavy atom. The molecule has 0 fully saturated rings. The number of nitrogens with zero attached hydrogens (tertiary/aromatic N) is 4. The van der Waals surface area contributed by atoms with Crippen LogP contribution in [-0.4, -0.2) is 110 Å². The molecule has 9 aromatic rings. The van der Waals surface area contributed by atoms with E-state index in [-0.39, 0.29) is 101 Å². The van der Waals surface area contributed by atoms with Crippen molar-refractivity contribution < 1.29 is 92.2 Å². The van der Waals surface area contributed by atoms with Gasteiger partial charge < -0.3 is 56.3 Å². The third-order valence-electron chi connectivity index (χ3n) is 13.2. The number of aryl methyl sites for hydroxylation is 1. The van der Waals surface area contributed by atoms with Gasteiger partial charge in [-0.05, 0) is 188 Å². The number of esters is 3. The number of phenols is 2. The van der Waals surface area contributed by atoms with Crippen molar-refractivity contribution in [3.8, 4) is 23.0 Å². The summed E-state index contributed by atoms with van der Waals surface area (Å²) >= 11 is 51.7. The van der Waals surface area contributed by atoms with E-state index in [0.717, 1.165) is 27.8 Å². The number of carboxylic acid groups (broad SMARTS) is 2. The second-order valence-electron chi connectivity index (χ2n) is 21.6. The number of benzene rings is 5. The molecule has 0 aliphatic rings. The molecule has 4 aromatic heterocycles. The number of anilines is 4. The number of halogens is 13. The summed E-state index contributed by atoms with van der Waals surface area (Å²) in [6, 6.07) is 39.0. The molecule has 9 N–H and O–H groups in total. The number of carbonyl (C=O) groups excluding carboxylic acids is 7. The summed E-state index contributed by atoms with van der Waals surface area (Å²) in [5.74, 6) is -4.37. The minimum absolute atomic E-state index is 0. The Labute approximate surface area is 794 Å². The minimum atomic E-state index is -1.12. The molecule has 0 radical (unpaired) electrons. The summed E-state index contributed by atoms with van der Waals surface area (Å²) in [4.78, 5) is 121. The Bertz CT molecular complexity index is 4680. The predicted octanol–water partition coefficient (Wildman–Crippen LogP) is 23.4. The van der Waals surface area contributed by atoms with Gasteiger partial charge in [0.1, 0.15) is 50.1 Å². The summed E-state index contributed by atoms with van der Waals surface area (Å²) in [6.07, 6.45) is 12.1. The zero-order valence-electron chi connectivity index (χ0n) is 61.3. The molecule has 116 heavy (non-hydrogen) atoms. The summed E-state index contributed by atoms with van der Waals surface area (Å²) in [7, 11) is 1.93. The maximum absolute atomic E-state index is 12.5. The van der Waals surface area contributed by atoms with Crippen LogP contribution in [0.4, 0.5) is 22.7 Å². The predicted molar refractivity (Wildman–Crippen MR) is 516 cm³/mol. The van der Waals surface area contributed by atoms with Gasteiger partial charge in [-0.3, -0.25) is 24.0 Å². The number of nitrogens with two attached hydrogens (primary N) is 1. The van der Waals surface area contributed by atoms with E-state index >= 15 is 0 Å². The van der Waals surface area contributed by atoms with E-state index in [9.17, 15) is 53.4 Å². The molecule has 0 aliphatic heterocycles. The molecule has 0 saturated heterocycles. The van der Waals surface area contributed by atoms with Crippen LogP contribution in [0.15, 0.2) is 193 Å². The van der Waals surface area contributed by atoms with Gasteiger partial charge in [0, 0.05) is 29.2 Å². The Balaban J connectivity index is 0.00000142. The number of amides is 3. The first kappa shape index (κ1) is 111.